The topological polar surface area (TPSA) is 59.6 Å². The molecular formula is C14H23BrIN3O. The number of nitrogens with one attached hydrogen (secondary N) is 1. The van der Waals surface area contributed by atoms with Crippen LogP contribution >= 0.6 is 39.9 Å². The Kier molecular flexibility index (Phi) is 10.0. The molecule has 114 valence electrons. The van der Waals surface area contributed by atoms with E-state index in [0.717, 1.165) is 16.8 Å². The lowest BCUT2D eigenvalue weighted by molar-refractivity contribution is 0.222. The molecule has 4 nitrogen and oxygen atoms in total. The molecule has 3 N–H and O–H groups in total. The van der Waals surface area contributed by atoms with Gasteiger partial charge in [-0.25, -0.2) is 0 Å². The van der Waals surface area contributed by atoms with Gasteiger partial charge in [0.1, 0.15) is 11.9 Å². The van der Waals surface area contributed by atoms with Crippen molar-refractivity contribution in [1.29, 1.82) is 0 Å². The number of halogens is 2. The van der Waals surface area contributed by atoms with Crippen LogP contribution in [0.1, 0.15) is 20.8 Å². The number of rotatable bonds is 6. The summed E-state index contributed by atoms with van der Waals surface area (Å²) in [5.41, 5.74) is 5.77. The molecule has 0 saturated heterocycles. The molecule has 0 spiro atoms. The van der Waals surface area contributed by atoms with Gasteiger partial charge in [0.05, 0.1) is 11.0 Å². The molecule has 1 rings (SSSR count). The largest absolute Gasteiger partial charge is 0.488 e. The summed E-state index contributed by atoms with van der Waals surface area (Å²) in [7, 11) is 0. The van der Waals surface area contributed by atoms with E-state index in [1.165, 1.54) is 0 Å². The molecule has 0 fully saturated rings. The van der Waals surface area contributed by atoms with Gasteiger partial charge < -0.3 is 15.8 Å². The lowest BCUT2D eigenvalue weighted by Gasteiger charge is -2.16. The van der Waals surface area contributed by atoms with Gasteiger partial charge in [0.25, 0.3) is 0 Å². The van der Waals surface area contributed by atoms with Crippen molar-refractivity contribution in [2.75, 3.05) is 13.1 Å². The van der Waals surface area contributed by atoms with Gasteiger partial charge in [-0.3, -0.25) is 4.99 Å². The highest BCUT2D eigenvalue weighted by Gasteiger charge is 2.06. The smallest absolute Gasteiger partial charge is 0.188 e. The zero-order valence-corrected chi connectivity index (χ0v) is 16.0. The molecule has 1 atom stereocenters. The van der Waals surface area contributed by atoms with Crippen molar-refractivity contribution in [1.82, 2.24) is 5.32 Å². The fourth-order valence-electron chi connectivity index (χ4n) is 1.38. The molecule has 1 aromatic carbocycles. The van der Waals surface area contributed by atoms with E-state index < -0.39 is 0 Å². The van der Waals surface area contributed by atoms with Crippen LogP contribution < -0.4 is 15.8 Å². The Bertz CT molecular complexity index is 427. The number of hydrogen-bond donors (Lipinski definition) is 2. The maximum absolute atomic E-state index is 5.80. The van der Waals surface area contributed by atoms with Crippen molar-refractivity contribution in [3.63, 3.8) is 0 Å². The highest BCUT2D eigenvalue weighted by atomic mass is 127. The fraction of sp³-hybridized carbons (Fsp3) is 0.500. The van der Waals surface area contributed by atoms with Crippen molar-refractivity contribution in [2.45, 2.75) is 26.9 Å². The van der Waals surface area contributed by atoms with E-state index in [9.17, 15) is 0 Å². The van der Waals surface area contributed by atoms with Crippen LogP contribution in [0.2, 0.25) is 0 Å². The first kappa shape index (κ1) is 19.5. The lowest BCUT2D eigenvalue weighted by atomic mass is 10.2. The summed E-state index contributed by atoms with van der Waals surface area (Å²) in [6.45, 7) is 7.56. The molecule has 0 aliphatic heterocycles. The second-order valence-corrected chi connectivity index (χ2v) is 5.71. The van der Waals surface area contributed by atoms with Crippen LogP contribution in [0.4, 0.5) is 0 Å². The fourth-order valence-corrected chi connectivity index (χ4v) is 1.76. The van der Waals surface area contributed by atoms with Gasteiger partial charge >= 0.3 is 0 Å². The molecule has 0 aliphatic rings. The summed E-state index contributed by atoms with van der Waals surface area (Å²) in [4.78, 5) is 4.24. The Hall–Kier alpha value is -0.500. The second-order valence-electron chi connectivity index (χ2n) is 4.86. The minimum Gasteiger partial charge on any atom is -0.488 e. The molecule has 0 bridgehead atoms. The molecule has 1 aromatic rings. The predicted octanol–water partition coefficient (Wildman–Crippen LogP) is 3.39. The average Bonchev–Trinajstić information content (AvgIpc) is 2.36. The summed E-state index contributed by atoms with van der Waals surface area (Å²) in [5, 5.41) is 3.06. The second kappa shape index (κ2) is 10.3. The Balaban J connectivity index is 0.00000361. The maximum Gasteiger partial charge on any atom is 0.188 e. The van der Waals surface area contributed by atoms with Crippen molar-refractivity contribution >= 4 is 45.9 Å². The molecule has 0 saturated carbocycles. The van der Waals surface area contributed by atoms with Gasteiger partial charge in [-0.15, -0.1) is 24.0 Å². The number of para-hydroxylation sites is 1. The Labute approximate surface area is 146 Å². The van der Waals surface area contributed by atoms with Crippen LogP contribution in [0, 0.1) is 5.92 Å². The normalized spacial score (nSPS) is 12.8. The number of ether oxygens (including phenoxy) is 1. The van der Waals surface area contributed by atoms with Crippen LogP contribution in [0.15, 0.2) is 33.7 Å². The molecule has 1 unspecified atom stereocenters. The SMILES string of the molecule is CC(C)CN=C(N)NCC(C)Oc1ccccc1Br.I. The average molecular weight is 456 g/mol. The highest BCUT2D eigenvalue weighted by Crippen LogP contribution is 2.24. The van der Waals surface area contributed by atoms with Gasteiger partial charge in [0.2, 0.25) is 0 Å². The zero-order chi connectivity index (χ0) is 14.3. The zero-order valence-electron chi connectivity index (χ0n) is 12.1. The first-order valence-electron chi connectivity index (χ1n) is 6.44. The van der Waals surface area contributed by atoms with Crippen molar-refractivity contribution in [3.05, 3.63) is 28.7 Å². The van der Waals surface area contributed by atoms with Crippen LogP contribution in [-0.2, 0) is 0 Å². The van der Waals surface area contributed by atoms with Gasteiger partial charge in [-0.2, -0.15) is 0 Å². The molecule has 0 amide bonds. The third kappa shape index (κ3) is 7.94. The number of guanidine groups is 1. The van der Waals surface area contributed by atoms with Crippen LogP contribution in [0.3, 0.4) is 0 Å². The number of nitrogens with two attached hydrogens (primary N) is 1. The van der Waals surface area contributed by atoms with Gasteiger partial charge in [-0.05, 0) is 40.9 Å². The van der Waals surface area contributed by atoms with E-state index >= 15 is 0 Å². The minimum atomic E-state index is 0. The molecule has 0 heterocycles. The molecule has 0 aromatic heterocycles. The lowest BCUT2D eigenvalue weighted by Crippen LogP contribution is -2.38. The van der Waals surface area contributed by atoms with Gasteiger partial charge in [0.15, 0.2) is 5.96 Å². The van der Waals surface area contributed by atoms with E-state index in [4.69, 9.17) is 10.5 Å². The third-order valence-electron chi connectivity index (χ3n) is 2.36. The predicted molar refractivity (Wildman–Crippen MR) is 99.0 cm³/mol. The molecule has 6 heteroatoms. The van der Waals surface area contributed by atoms with E-state index in [0.29, 0.717) is 18.4 Å². The quantitative estimate of drug-likeness (QED) is 0.392. The Morgan fingerprint density at radius 2 is 2.00 bits per heavy atom. The van der Waals surface area contributed by atoms with Crippen LogP contribution in [-0.4, -0.2) is 25.2 Å². The highest BCUT2D eigenvalue weighted by molar-refractivity contribution is 14.0. The van der Waals surface area contributed by atoms with Crippen molar-refractivity contribution in [2.24, 2.45) is 16.6 Å². The third-order valence-corrected chi connectivity index (χ3v) is 3.02. The molecule has 0 aliphatic carbocycles. The molecular weight excluding hydrogens is 433 g/mol. The standard InChI is InChI=1S/C14H22BrN3O.HI/c1-10(2)8-17-14(16)18-9-11(3)19-13-7-5-4-6-12(13)15;/h4-7,10-11H,8-9H2,1-3H3,(H3,16,17,18);1H. The van der Waals surface area contributed by atoms with Crippen molar-refractivity contribution < 1.29 is 4.74 Å². The molecule has 20 heavy (non-hydrogen) atoms. The van der Waals surface area contributed by atoms with Crippen LogP contribution in [0.25, 0.3) is 0 Å². The Morgan fingerprint density at radius 3 is 2.60 bits per heavy atom. The summed E-state index contributed by atoms with van der Waals surface area (Å²) < 4.78 is 6.75. The minimum absolute atomic E-state index is 0. The molecule has 0 radical (unpaired) electrons. The number of hydrogen-bond acceptors (Lipinski definition) is 2. The number of benzene rings is 1. The first-order valence-corrected chi connectivity index (χ1v) is 7.23. The van der Waals surface area contributed by atoms with Crippen molar-refractivity contribution in [3.8, 4) is 5.75 Å². The summed E-state index contributed by atoms with van der Waals surface area (Å²) >= 11 is 3.45. The van der Waals surface area contributed by atoms with E-state index in [1.54, 1.807) is 0 Å². The monoisotopic (exact) mass is 455 g/mol. The number of nitrogens with zero attached hydrogens (tertiary/aromatic N) is 1. The van der Waals surface area contributed by atoms with Crippen LogP contribution in [0.5, 0.6) is 5.75 Å². The van der Waals surface area contributed by atoms with Gasteiger partial charge in [-0.1, -0.05) is 26.0 Å². The van der Waals surface area contributed by atoms with E-state index in [1.807, 2.05) is 31.2 Å². The first-order chi connectivity index (χ1) is 8.99. The van der Waals surface area contributed by atoms with E-state index in [2.05, 4.69) is 40.1 Å². The Morgan fingerprint density at radius 1 is 1.35 bits per heavy atom. The van der Waals surface area contributed by atoms with Gasteiger partial charge in [0, 0.05) is 6.54 Å². The van der Waals surface area contributed by atoms with E-state index in [-0.39, 0.29) is 30.1 Å². The maximum atomic E-state index is 5.80. The summed E-state index contributed by atoms with van der Waals surface area (Å²) in [6.07, 6.45) is 0.00602. The number of aliphatic imine (C=N–C) groups is 1. The summed E-state index contributed by atoms with van der Waals surface area (Å²) in [5.74, 6) is 1.81. The summed E-state index contributed by atoms with van der Waals surface area (Å²) in [6, 6.07) is 7.78.